The zero-order valence-corrected chi connectivity index (χ0v) is 15.0. The van der Waals surface area contributed by atoms with Gasteiger partial charge in [-0.1, -0.05) is 60.7 Å². The van der Waals surface area contributed by atoms with Gasteiger partial charge in [-0.25, -0.2) is 4.79 Å². The standard InChI is InChI=1S/C22H15NO3S/c24-21(14-7-2-1-3-8-14)16-10-6-11-17(22(25)26)20(16)18-13-15-9-4-5-12-19(15)27-23-18/h1-13,23H,(H,25,26). The van der Waals surface area contributed by atoms with E-state index in [1.165, 1.54) is 18.0 Å². The Bertz CT molecular complexity index is 1070. The first kappa shape index (κ1) is 17.1. The number of carbonyl (C=O) groups excluding carboxylic acids is 1. The lowest BCUT2D eigenvalue weighted by molar-refractivity contribution is 0.0696. The average Bonchev–Trinajstić information content (AvgIpc) is 2.73. The topological polar surface area (TPSA) is 66.4 Å². The zero-order chi connectivity index (χ0) is 18.8. The van der Waals surface area contributed by atoms with Gasteiger partial charge in [-0.05, 0) is 35.7 Å². The third-order valence-corrected chi connectivity index (χ3v) is 5.25. The van der Waals surface area contributed by atoms with E-state index in [1.54, 1.807) is 36.4 Å². The first-order valence-electron chi connectivity index (χ1n) is 8.35. The van der Waals surface area contributed by atoms with Gasteiger partial charge in [-0.2, -0.15) is 0 Å². The summed E-state index contributed by atoms with van der Waals surface area (Å²) in [6, 6.07) is 21.5. The second-order valence-electron chi connectivity index (χ2n) is 6.03. The minimum atomic E-state index is -1.07. The van der Waals surface area contributed by atoms with Crippen molar-refractivity contribution in [1.29, 1.82) is 0 Å². The maximum absolute atomic E-state index is 13.1. The SMILES string of the molecule is O=C(O)c1cccc(C(=O)c2ccccc2)c1C1=Cc2ccccc2SN1. The summed E-state index contributed by atoms with van der Waals surface area (Å²) in [7, 11) is 0. The first-order chi connectivity index (χ1) is 13.1. The van der Waals surface area contributed by atoms with E-state index in [4.69, 9.17) is 0 Å². The molecule has 4 rings (SSSR count). The number of fused-ring (bicyclic) bond motifs is 1. The molecule has 2 N–H and O–H groups in total. The fraction of sp³-hybridized carbons (Fsp3) is 0. The Kier molecular flexibility index (Phi) is 4.52. The fourth-order valence-corrected chi connectivity index (χ4v) is 3.84. The highest BCUT2D eigenvalue weighted by molar-refractivity contribution is 7.97. The van der Waals surface area contributed by atoms with Crippen molar-refractivity contribution in [3.63, 3.8) is 0 Å². The monoisotopic (exact) mass is 373 g/mol. The molecule has 1 aliphatic rings. The molecule has 0 radical (unpaired) electrons. The number of ketones is 1. The fourth-order valence-electron chi connectivity index (χ4n) is 3.07. The van der Waals surface area contributed by atoms with E-state index in [-0.39, 0.29) is 11.3 Å². The van der Waals surface area contributed by atoms with Crippen LogP contribution in [-0.2, 0) is 0 Å². The van der Waals surface area contributed by atoms with Crippen LogP contribution in [0.2, 0.25) is 0 Å². The van der Waals surface area contributed by atoms with Crippen LogP contribution in [0.3, 0.4) is 0 Å². The van der Waals surface area contributed by atoms with Crippen molar-refractivity contribution in [2.75, 3.05) is 0 Å². The summed E-state index contributed by atoms with van der Waals surface area (Å²) in [5, 5.41) is 9.70. The number of hydrogen-bond acceptors (Lipinski definition) is 4. The van der Waals surface area contributed by atoms with E-state index in [9.17, 15) is 14.7 Å². The maximum Gasteiger partial charge on any atom is 0.336 e. The van der Waals surface area contributed by atoms with Crippen LogP contribution in [0.25, 0.3) is 11.8 Å². The molecule has 4 nitrogen and oxygen atoms in total. The lowest BCUT2D eigenvalue weighted by Gasteiger charge is -2.21. The summed E-state index contributed by atoms with van der Waals surface area (Å²) in [5.74, 6) is -1.28. The third kappa shape index (κ3) is 3.25. The molecule has 0 aliphatic carbocycles. The maximum atomic E-state index is 13.1. The Morgan fingerprint density at radius 2 is 1.52 bits per heavy atom. The first-order valence-corrected chi connectivity index (χ1v) is 9.17. The van der Waals surface area contributed by atoms with Gasteiger partial charge in [0, 0.05) is 21.6 Å². The summed E-state index contributed by atoms with van der Waals surface area (Å²) < 4.78 is 3.20. The minimum Gasteiger partial charge on any atom is -0.478 e. The van der Waals surface area contributed by atoms with Gasteiger partial charge in [-0.15, -0.1) is 0 Å². The molecular weight excluding hydrogens is 358 g/mol. The zero-order valence-electron chi connectivity index (χ0n) is 14.2. The molecule has 3 aromatic carbocycles. The van der Waals surface area contributed by atoms with E-state index in [1.807, 2.05) is 36.4 Å². The molecule has 0 bridgehead atoms. The number of aromatic carboxylic acids is 1. The average molecular weight is 373 g/mol. The van der Waals surface area contributed by atoms with Gasteiger partial charge in [0.05, 0.1) is 11.3 Å². The number of carboxylic acids is 1. The number of benzene rings is 3. The molecule has 0 aromatic heterocycles. The summed E-state index contributed by atoms with van der Waals surface area (Å²) in [6.45, 7) is 0. The quantitative estimate of drug-likeness (QED) is 0.511. The van der Waals surface area contributed by atoms with Gasteiger partial charge in [-0.3, -0.25) is 4.79 Å². The number of carboxylic acid groups (broad SMARTS) is 1. The van der Waals surface area contributed by atoms with Gasteiger partial charge in [0.15, 0.2) is 5.78 Å². The van der Waals surface area contributed by atoms with Crippen LogP contribution in [0.5, 0.6) is 0 Å². The minimum absolute atomic E-state index is 0.0931. The van der Waals surface area contributed by atoms with Crippen molar-refractivity contribution in [3.05, 3.63) is 101 Å². The normalized spacial score (nSPS) is 12.5. The molecule has 0 spiro atoms. The van der Waals surface area contributed by atoms with Crippen LogP contribution in [0.15, 0.2) is 77.7 Å². The molecule has 3 aromatic rings. The lowest BCUT2D eigenvalue weighted by Crippen LogP contribution is -2.16. The second kappa shape index (κ2) is 7.13. The molecule has 0 saturated heterocycles. The van der Waals surface area contributed by atoms with Crippen molar-refractivity contribution in [2.24, 2.45) is 0 Å². The molecule has 1 heterocycles. The van der Waals surface area contributed by atoms with Crippen LogP contribution in [0.1, 0.15) is 37.4 Å². The van der Waals surface area contributed by atoms with Crippen LogP contribution in [0, 0.1) is 0 Å². The van der Waals surface area contributed by atoms with E-state index in [2.05, 4.69) is 4.72 Å². The van der Waals surface area contributed by atoms with Gasteiger partial charge in [0.25, 0.3) is 0 Å². The van der Waals surface area contributed by atoms with E-state index in [0.717, 1.165) is 10.5 Å². The van der Waals surface area contributed by atoms with E-state index < -0.39 is 5.97 Å². The Balaban J connectivity index is 1.91. The van der Waals surface area contributed by atoms with Gasteiger partial charge < -0.3 is 9.83 Å². The van der Waals surface area contributed by atoms with Crippen molar-refractivity contribution in [1.82, 2.24) is 4.72 Å². The molecule has 0 fully saturated rings. The van der Waals surface area contributed by atoms with Crippen LogP contribution in [-0.4, -0.2) is 16.9 Å². The van der Waals surface area contributed by atoms with Gasteiger partial charge in [0.2, 0.25) is 0 Å². The number of carbonyl (C=O) groups is 2. The highest BCUT2D eigenvalue weighted by Gasteiger charge is 2.24. The van der Waals surface area contributed by atoms with Crippen molar-refractivity contribution < 1.29 is 14.7 Å². The summed E-state index contributed by atoms with van der Waals surface area (Å²) >= 11 is 1.41. The molecule has 5 heteroatoms. The summed E-state index contributed by atoms with van der Waals surface area (Å²) in [5.41, 5.74) is 2.97. The number of hydrogen-bond donors (Lipinski definition) is 2. The smallest absolute Gasteiger partial charge is 0.336 e. The second-order valence-corrected chi connectivity index (χ2v) is 6.88. The summed E-state index contributed by atoms with van der Waals surface area (Å²) in [6.07, 6.45) is 1.88. The van der Waals surface area contributed by atoms with Gasteiger partial charge in [0.1, 0.15) is 0 Å². The lowest BCUT2D eigenvalue weighted by atomic mass is 9.92. The van der Waals surface area contributed by atoms with Crippen LogP contribution in [0.4, 0.5) is 0 Å². The van der Waals surface area contributed by atoms with Crippen LogP contribution >= 0.6 is 11.9 Å². The highest BCUT2D eigenvalue weighted by atomic mass is 32.2. The predicted octanol–water partition coefficient (Wildman–Crippen LogP) is 4.72. The molecule has 132 valence electrons. The van der Waals surface area contributed by atoms with Crippen molar-refractivity contribution in [3.8, 4) is 0 Å². The number of rotatable bonds is 4. The summed E-state index contributed by atoms with van der Waals surface area (Å²) in [4.78, 5) is 26.0. The highest BCUT2D eigenvalue weighted by Crippen LogP contribution is 2.34. The predicted molar refractivity (Wildman–Crippen MR) is 107 cm³/mol. The molecule has 1 aliphatic heterocycles. The largest absolute Gasteiger partial charge is 0.478 e. The molecule has 0 atom stereocenters. The molecule has 0 saturated carbocycles. The van der Waals surface area contributed by atoms with Crippen molar-refractivity contribution >= 4 is 35.5 Å². The molecule has 0 unspecified atom stereocenters. The molecular formula is C22H15NO3S. The Labute approximate surface area is 160 Å². The molecule has 27 heavy (non-hydrogen) atoms. The van der Waals surface area contributed by atoms with Gasteiger partial charge >= 0.3 is 5.97 Å². The Hall–Kier alpha value is -3.31. The van der Waals surface area contributed by atoms with E-state index in [0.29, 0.717) is 22.4 Å². The molecule has 0 amide bonds. The van der Waals surface area contributed by atoms with Crippen molar-refractivity contribution in [2.45, 2.75) is 4.90 Å². The van der Waals surface area contributed by atoms with Crippen LogP contribution < -0.4 is 4.72 Å². The Morgan fingerprint density at radius 3 is 2.30 bits per heavy atom. The van der Waals surface area contributed by atoms with E-state index >= 15 is 0 Å². The third-order valence-electron chi connectivity index (χ3n) is 4.33. The number of nitrogens with one attached hydrogen (secondary N) is 1. The Morgan fingerprint density at radius 1 is 0.815 bits per heavy atom.